The van der Waals surface area contributed by atoms with Crippen molar-refractivity contribution in [2.24, 2.45) is 0 Å². The van der Waals surface area contributed by atoms with Gasteiger partial charge in [0.05, 0.1) is 6.20 Å². The van der Waals surface area contributed by atoms with Gasteiger partial charge in [-0.2, -0.15) is 4.98 Å². The summed E-state index contributed by atoms with van der Waals surface area (Å²) in [6.07, 6.45) is 3.70. The molecule has 0 unspecified atom stereocenters. The number of rotatable bonds is 2. The van der Waals surface area contributed by atoms with Gasteiger partial charge in [0.1, 0.15) is 5.02 Å². The maximum atomic E-state index is 6.26. The highest BCUT2D eigenvalue weighted by Gasteiger charge is 2.17. The van der Waals surface area contributed by atoms with Crippen molar-refractivity contribution in [1.29, 1.82) is 0 Å². The lowest BCUT2D eigenvalue weighted by molar-refractivity contribution is 0.789. The fourth-order valence-electron chi connectivity index (χ4n) is 2.58. The third kappa shape index (κ3) is 2.56. The number of fused-ring (bicyclic) bond motifs is 1. The van der Waals surface area contributed by atoms with Crippen molar-refractivity contribution in [2.75, 3.05) is 30.4 Å². The molecule has 104 valence electrons. The predicted octanol–water partition coefficient (Wildman–Crippen LogP) is 2.78. The Kier molecular flexibility index (Phi) is 3.74. The van der Waals surface area contributed by atoms with E-state index >= 15 is 0 Å². The summed E-state index contributed by atoms with van der Waals surface area (Å²) in [6.45, 7) is 1.85. The van der Waals surface area contributed by atoms with Crippen LogP contribution in [-0.4, -0.2) is 30.1 Å². The second kappa shape index (κ2) is 5.67. The molecule has 2 aromatic rings. The molecule has 0 amide bonds. The third-order valence-corrected chi connectivity index (χ3v) is 3.94. The number of aromatic nitrogens is 2. The smallest absolute Gasteiger partial charge is 0.224 e. The summed E-state index contributed by atoms with van der Waals surface area (Å²) in [7, 11) is 1.81. The number of halogens is 1. The molecule has 1 aromatic carbocycles. The van der Waals surface area contributed by atoms with Gasteiger partial charge in [-0.1, -0.05) is 35.9 Å². The third-order valence-electron chi connectivity index (χ3n) is 3.67. The van der Waals surface area contributed by atoms with Gasteiger partial charge in [-0.15, -0.1) is 0 Å². The highest BCUT2D eigenvalue weighted by Crippen LogP contribution is 2.26. The molecule has 3 rings (SSSR count). The predicted molar refractivity (Wildman–Crippen MR) is 82.7 cm³/mol. The molecular formula is C15H17ClN4. The van der Waals surface area contributed by atoms with Crippen LogP contribution < -0.4 is 10.2 Å². The summed E-state index contributed by atoms with van der Waals surface area (Å²) in [5, 5.41) is 3.57. The molecule has 1 aromatic heterocycles. The van der Waals surface area contributed by atoms with Crippen LogP contribution in [0.25, 0.3) is 0 Å². The van der Waals surface area contributed by atoms with Crippen molar-refractivity contribution in [3.05, 3.63) is 46.6 Å². The zero-order valence-corrected chi connectivity index (χ0v) is 12.2. The quantitative estimate of drug-likeness (QED) is 0.923. The Labute approximate surface area is 123 Å². The van der Waals surface area contributed by atoms with Crippen molar-refractivity contribution in [1.82, 2.24) is 9.97 Å². The van der Waals surface area contributed by atoms with E-state index in [1.807, 2.05) is 7.05 Å². The summed E-state index contributed by atoms with van der Waals surface area (Å²) in [4.78, 5) is 10.9. The van der Waals surface area contributed by atoms with Crippen molar-refractivity contribution in [3.63, 3.8) is 0 Å². The normalized spacial score (nSPS) is 14.6. The topological polar surface area (TPSA) is 41.1 Å². The number of hydrogen-bond acceptors (Lipinski definition) is 4. The first-order chi connectivity index (χ1) is 9.78. The molecule has 0 saturated carbocycles. The lowest BCUT2D eigenvalue weighted by atomic mass is 10.0. The summed E-state index contributed by atoms with van der Waals surface area (Å²) < 4.78 is 0. The van der Waals surface area contributed by atoms with Gasteiger partial charge in [-0.3, -0.25) is 0 Å². The largest absolute Gasteiger partial charge is 0.357 e. The maximum absolute atomic E-state index is 6.26. The van der Waals surface area contributed by atoms with Crippen LogP contribution in [0.1, 0.15) is 11.1 Å². The van der Waals surface area contributed by atoms with Crippen LogP contribution in [0.3, 0.4) is 0 Å². The molecule has 1 aliphatic rings. The first kappa shape index (κ1) is 13.2. The molecule has 5 heteroatoms. The fraction of sp³-hybridized carbons (Fsp3) is 0.333. The van der Waals surface area contributed by atoms with Crippen LogP contribution in [0.4, 0.5) is 11.8 Å². The lowest BCUT2D eigenvalue weighted by Crippen LogP contribution is -2.27. The summed E-state index contributed by atoms with van der Waals surface area (Å²) >= 11 is 6.26. The van der Waals surface area contributed by atoms with Crippen molar-refractivity contribution in [3.8, 4) is 0 Å². The molecule has 4 nitrogen and oxygen atoms in total. The van der Waals surface area contributed by atoms with Crippen LogP contribution in [0, 0.1) is 0 Å². The maximum Gasteiger partial charge on any atom is 0.224 e. The zero-order valence-electron chi connectivity index (χ0n) is 11.4. The zero-order chi connectivity index (χ0) is 13.9. The van der Waals surface area contributed by atoms with E-state index in [4.69, 9.17) is 11.6 Å². The van der Waals surface area contributed by atoms with Crippen molar-refractivity contribution in [2.45, 2.75) is 12.8 Å². The van der Waals surface area contributed by atoms with E-state index in [9.17, 15) is 0 Å². The van der Waals surface area contributed by atoms with Gasteiger partial charge in [0.2, 0.25) is 5.95 Å². The minimum absolute atomic E-state index is 0.603. The number of anilines is 2. The Balaban J connectivity index is 1.86. The average Bonchev–Trinajstić information content (AvgIpc) is 2.70. The minimum Gasteiger partial charge on any atom is -0.357 e. The molecule has 1 aliphatic heterocycles. The molecule has 0 atom stereocenters. The van der Waals surface area contributed by atoms with Gasteiger partial charge < -0.3 is 10.2 Å². The van der Waals surface area contributed by atoms with Crippen molar-refractivity contribution >= 4 is 23.4 Å². The molecule has 0 fully saturated rings. The molecule has 2 heterocycles. The second-order valence-electron chi connectivity index (χ2n) is 4.87. The molecular weight excluding hydrogens is 272 g/mol. The number of benzene rings is 1. The van der Waals surface area contributed by atoms with Crippen LogP contribution in [-0.2, 0) is 12.8 Å². The van der Waals surface area contributed by atoms with Crippen molar-refractivity contribution < 1.29 is 0 Å². The van der Waals surface area contributed by atoms with Gasteiger partial charge in [-0.25, -0.2) is 4.98 Å². The minimum atomic E-state index is 0.603. The van der Waals surface area contributed by atoms with E-state index in [0.29, 0.717) is 11.0 Å². The van der Waals surface area contributed by atoms with E-state index in [0.717, 1.165) is 31.7 Å². The van der Waals surface area contributed by atoms with E-state index in [-0.39, 0.29) is 0 Å². The van der Waals surface area contributed by atoms with Crippen LogP contribution in [0.15, 0.2) is 30.5 Å². The highest BCUT2D eigenvalue weighted by atomic mass is 35.5. The Morgan fingerprint density at radius 2 is 1.80 bits per heavy atom. The van der Waals surface area contributed by atoms with Crippen LogP contribution >= 0.6 is 11.6 Å². The van der Waals surface area contributed by atoms with E-state index in [2.05, 4.69) is 44.5 Å². The molecule has 1 N–H and O–H groups in total. The first-order valence-electron chi connectivity index (χ1n) is 6.80. The Morgan fingerprint density at radius 3 is 2.40 bits per heavy atom. The Hall–Kier alpha value is -1.81. The molecule has 0 saturated heterocycles. The molecule has 0 radical (unpaired) electrons. The van der Waals surface area contributed by atoms with Gasteiger partial charge in [0, 0.05) is 20.1 Å². The van der Waals surface area contributed by atoms with Gasteiger partial charge in [0.15, 0.2) is 5.82 Å². The Morgan fingerprint density at radius 1 is 1.15 bits per heavy atom. The van der Waals surface area contributed by atoms with E-state index in [1.54, 1.807) is 6.20 Å². The van der Waals surface area contributed by atoms with E-state index in [1.165, 1.54) is 11.1 Å². The monoisotopic (exact) mass is 288 g/mol. The highest BCUT2D eigenvalue weighted by molar-refractivity contribution is 6.32. The van der Waals surface area contributed by atoms with E-state index < -0.39 is 0 Å². The van der Waals surface area contributed by atoms with Crippen LogP contribution in [0.2, 0.25) is 5.02 Å². The average molecular weight is 289 g/mol. The second-order valence-corrected chi connectivity index (χ2v) is 5.28. The lowest BCUT2D eigenvalue weighted by Gasteiger charge is -2.22. The standard InChI is InChI=1S/C15H17ClN4/c1-17-15-18-10-13(16)14(19-15)20-8-6-11-4-2-3-5-12(11)7-9-20/h2-5,10H,6-9H2,1H3,(H,17,18,19). The molecule has 0 aliphatic carbocycles. The summed E-state index contributed by atoms with van der Waals surface area (Å²) in [6, 6.07) is 8.62. The molecule has 0 spiro atoms. The number of hydrogen-bond donors (Lipinski definition) is 1. The van der Waals surface area contributed by atoms with Gasteiger partial charge in [0.25, 0.3) is 0 Å². The van der Waals surface area contributed by atoms with Crippen LogP contribution in [0.5, 0.6) is 0 Å². The Bertz CT molecular complexity index is 588. The SMILES string of the molecule is CNc1ncc(Cl)c(N2CCc3ccccc3CC2)n1. The fourth-order valence-corrected chi connectivity index (χ4v) is 2.79. The number of nitrogens with one attached hydrogen (secondary N) is 1. The summed E-state index contributed by atoms with van der Waals surface area (Å²) in [5.74, 6) is 1.42. The van der Waals surface area contributed by atoms with Gasteiger partial charge in [-0.05, 0) is 24.0 Å². The number of nitrogens with zero attached hydrogens (tertiary/aromatic N) is 3. The molecule has 20 heavy (non-hydrogen) atoms. The van der Waals surface area contributed by atoms with Gasteiger partial charge >= 0.3 is 0 Å². The molecule has 0 bridgehead atoms. The first-order valence-corrected chi connectivity index (χ1v) is 7.18. The summed E-state index contributed by atoms with van der Waals surface area (Å²) in [5.41, 5.74) is 2.85.